The first-order chi connectivity index (χ1) is 8.38. The van der Waals surface area contributed by atoms with Crippen LogP contribution in [0.25, 0.3) is 0 Å². The number of carboxylic acids is 2. The highest BCUT2D eigenvalue weighted by Gasteiger charge is 2.46. The maximum Gasteiger partial charge on any atom is 0.333 e. The van der Waals surface area contributed by atoms with E-state index in [4.69, 9.17) is 0 Å². The molecular formula is C13H19NO4. The van der Waals surface area contributed by atoms with Crippen molar-refractivity contribution in [1.29, 1.82) is 0 Å². The number of carboxylic acid groups (broad SMARTS) is 2. The van der Waals surface area contributed by atoms with Crippen molar-refractivity contribution in [3.63, 3.8) is 0 Å². The first kappa shape index (κ1) is 14.4. The van der Waals surface area contributed by atoms with Crippen molar-refractivity contribution in [2.75, 3.05) is 13.1 Å². The number of aliphatic carboxylic acids is 2. The van der Waals surface area contributed by atoms with Gasteiger partial charge in [-0.05, 0) is 20.0 Å². The lowest BCUT2D eigenvalue weighted by Gasteiger charge is -2.41. The van der Waals surface area contributed by atoms with Crippen LogP contribution in [0.5, 0.6) is 0 Å². The Bertz CT molecular complexity index is 409. The molecule has 1 aliphatic rings. The summed E-state index contributed by atoms with van der Waals surface area (Å²) in [7, 11) is 0. The Kier molecular flexibility index (Phi) is 4.29. The van der Waals surface area contributed by atoms with Gasteiger partial charge in [0.15, 0.2) is 0 Å². The third-order valence-electron chi connectivity index (χ3n) is 3.47. The van der Waals surface area contributed by atoms with Gasteiger partial charge in [-0.25, -0.2) is 4.79 Å². The van der Waals surface area contributed by atoms with E-state index in [1.807, 2.05) is 18.7 Å². The van der Waals surface area contributed by atoms with Gasteiger partial charge in [0, 0.05) is 0 Å². The van der Waals surface area contributed by atoms with E-state index in [1.165, 1.54) is 12.2 Å². The van der Waals surface area contributed by atoms with Crippen LogP contribution in [0.15, 0.2) is 23.8 Å². The minimum atomic E-state index is -1.21. The van der Waals surface area contributed by atoms with Crippen molar-refractivity contribution in [3.8, 4) is 0 Å². The molecule has 2 N–H and O–H groups in total. The van der Waals surface area contributed by atoms with E-state index in [1.54, 1.807) is 13.0 Å². The Morgan fingerprint density at radius 2 is 1.89 bits per heavy atom. The van der Waals surface area contributed by atoms with E-state index < -0.39 is 23.4 Å². The zero-order chi connectivity index (χ0) is 13.9. The van der Waals surface area contributed by atoms with Crippen LogP contribution in [-0.2, 0) is 9.59 Å². The van der Waals surface area contributed by atoms with Crippen LogP contribution in [0.2, 0.25) is 0 Å². The van der Waals surface area contributed by atoms with Gasteiger partial charge in [0.25, 0.3) is 0 Å². The van der Waals surface area contributed by atoms with Crippen molar-refractivity contribution in [2.45, 2.75) is 26.8 Å². The first-order valence-corrected chi connectivity index (χ1v) is 5.98. The predicted octanol–water partition coefficient (Wildman–Crippen LogP) is 1.37. The summed E-state index contributed by atoms with van der Waals surface area (Å²) < 4.78 is 0. The third kappa shape index (κ3) is 2.31. The van der Waals surface area contributed by atoms with Gasteiger partial charge in [-0.2, -0.15) is 0 Å². The number of hydrogen-bond acceptors (Lipinski definition) is 3. The number of nitrogens with zero attached hydrogens (tertiary/aromatic N) is 1. The molecule has 0 aromatic heterocycles. The van der Waals surface area contributed by atoms with Gasteiger partial charge >= 0.3 is 11.9 Å². The molecule has 0 fully saturated rings. The number of likely N-dealkylation sites (N-methyl/N-ethyl adjacent to an activating group) is 1. The summed E-state index contributed by atoms with van der Waals surface area (Å²) in [5.41, 5.74) is -1.08. The molecule has 1 rings (SSSR count). The normalized spacial score (nSPS) is 27.1. The molecule has 0 saturated heterocycles. The van der Waals surface area contributed by atoms with Crippen molar-refractivity contribution in [1.82, 2.24) is 4.90 Å². The zero-order valence-electron chi connectivity index (χ0n) is 10.9. The summed E-state index contributed by atoms with van der Waals surface area (Å²) in [6.07, 6.45) is 4.55. The molecule has 5 nitrogen and oxygen atoms in total. The highest BCUT2D eigenvalue weighted by Crippen LogP contribution is 2.36. The number of rotatable bonds is 5. The predicted molar refractivity (Wildman–Crippen MR) is 67.3 cm³/mol. The van der Waals surface area contributed by atoms with E-state index in [9.17, 15) is 19.8 Å². The van der Waals surface area contributed by atoms with Crippen LogP contribution in [0, 0.1) is 5.41 Å². The van der Waals surface area contributed by atoms with E-state index in [2.05, 4.69) is 0 Å². The van der Waals surface area contributed by atoms with E-state index in [0.29, 0.717) is 13.1 Å². The Hall–Kier alpha value is -1.62. The summed E-state index contributed by atoms with van der Waals surface area (Å²) in [6, 6.07) is -0.646. The van der Waals surface area contributed by atoms with Gasteiger partial charge < -0.3 is 10.2 Å². The van der Waals surface area contributed by atoms with Crippen molar-refractivity contribution in [2.24, 2.45) is 5.41 Å². The molecular weight excluding hydrogens is 234 g/mol. The number of hydrogen-bond donors (Lipinski definition) is 2. The van der Waals surface area contributed by atoms with Crippen molar-refractivity contribution < 1.29 is 19.8 Å². The Morgan fingerprint density at radius 1 is 1.33 bits per heavy atom. The van der Waals surface area contributed by atoms with E-state index in [-0.39, 0.29) is 5.57 Å². The Morgan fingerprint density at radius 3 is 2.28 bits per heavy atom. The number of carbonyl (C=O) groups is 2. The lowest BCUT2D eigenvalue weighted by molar-refractivity contribution is -0.148. The fourth-order valence-corrected chi connectivity index (χ4v) is 2.40. The first-order valence-electron chi connectivity index (χ1n) is 5.98. The van der Waals surface area contributed by atoms with Crippen LogP contribution < -0.4 is 0 Å². The number of allylic oxidation sites excluding steroid dienone is 2. The van der Waals surface area contributed by atoms with Crippen LogP contribution in [0.4, 0.5) is 0 Å². The summed E-state index contributed by atoms with van der Waals surface area (Å²) in [5.74, 6) is -2.08. The fraction of sp³-hybridized carbons (Fsp3) is 0.538. The second kappa shape index (κ2) is 5.35. The van der Waals surface area contributed by atoms with Crippen LogP contribution in [-0.4, -0.2) is 46.2 Å². The molecule has 0 saturated carbocycles. The second-order valence-corrected chi connectivity index (χ2v) is 4.50. The second-order valence-electron chi connectivity index (χ2n) is 4.50. The largest absolute Gasteiger partial charge is 0.481 e. The molecule has 0 aromatic rings. The van der Waals surface area contributed by atoms with Gasteiger partial charge in [-0.15, -0.1) is 0 Å². The molecule has 1 aliphatic carbocycles. The molecule has 0 bridgehead atoms. The van der Waals surface area contributed by atoms with Gasteiger partial charge in [0.1, 0.15) is 5.41 Å². The maximum absolute atomic E-state index is 11.5. The zero-order valence-corrected chi connectivity index (χ0v) is 10.9. The molecule has 2 unspecified atom stereocenters. The standard InChI is InChI=1S/C13H19NO4/c1-4-14(5-2)10-9(11(15)16)7-6-8-13(10,3)12(17)18/h6-8,10H,4-5H2,1-3H3,(H,15,16)(H,17,18). The monoisotopic (exact) mass is 253 g/mol. The molecule has 18 heavy (non-hydrogen) atoms. The topological polar surface area (TPSA) is 77.8 Å². The van der Waals surface area contributed by atoms with Crippen molar-refractivity contribution >= 4 is 11.9 Å². The summed E-state index contributed by atoms with van der Waals surface area (Å²) in [6.45, 7) is 6.54. The summed E-state index contributed by atoms with van der Waals surface area (Å²) >= 11 is 0. The Balaban J connectivity index is 3.30. The molecule has 2 atom stereocenters. The smallest absolute Gasteiger partial charge is 0.333 e. The molecule has 5 heteroatoms. The van der Waals surface area contributed by atoms with Crippen LogP contribution in [0.1, 0.15) is 20.8 Å². The maximum atomic E-state index is 11.5. The van der Waals surface area contributed by atoms with Crippen molar-refractivity contribution in [3.05, 3.63) is 23.8 Å². The molecule has 0 aliphatic heterocycles. The summed E-state index contributed by atoms with van der Waals surface area (Å²) in [4.78, 5) is 24.6. The minimum Gasteiger partial charge on any atom is -0.481 e. The van der Waals surface area contributed by atoms with Gasteiger partial charge in [-0.3, -0.25) is 9.69 Å². The van der Waals surface area contributed by atoms with Crippen LogP contribution >= 0.6 is 0 Å². The molecule has 0 spiro atoms. The molecule has 100 valence electrons. The van der Waals surface area contributed by atoms with Gasteiger partial charge in [-0.1, -0.05) is 32.1 Å². The van der Waals surface area contributed by atoms with Gasteiger partial charge in [0.05, 0.1) is 11.6 Å². The average molecular weight is 253 g/mol. The molecule has 0 aromatic carbocycles. The molecule has 0 radical (unpaired) electrons. The minimum absolute atomic E-state index is 0.131. The van der Waals surface area contributed by atoms with Gasteiger partial charge in [0.2, 0.25) is 0 Å². The quantitative estimate of drug-likeness (QED) is 0.773. The van der Waals surface area contributed by atoms with E-state index in [0.717, 1.165) is 0 Å². The highest BCUT2D eigenvalue weighted by atomic mass is 16.4. The average Bonchev–Trinajstić information content (AvgIpc) is 2.32. The lowest BCUT2D eigenvalue weighted by Crippen LogP contribution is -2.52. The Labute approximate surface area is 106 Å². The molecule has 0 heterocycles. The SMILES string of the molecule is CCN(CC)C1C(C(=O)O)=CC=CC1(C)C(=O)O. The lowest BCUT2D eigenvalue weighted by atomic mass is 9.74. The summed E-state index contributed by atoms with van der Waals surface area (Å²) in [5, 5.41) is 18.7. The fourth-order valence-electron chi connectivity index (χ4n) is 2.40. The molecule has 0 amide bonds. The van der Waals surface area contributed by atoms with Crippen LogP contribution in [0.3, 0.4) is 0 Å². The highest BCUT2D eigenvalue weighted by molar-refractivity contribution is 5.92. The van der Waals surface area contributed by atoms with E-state index >= 15 is 0 Å². The third-order valence-corrected chi connectivity index (χ3v) is 3.47.